The number of aromatic nitrogens is 4. The lowest BCUT2D eigenvalue weighted by atomic mass is 10.0. The Hall–Kier alpha value is -2.85. The highest BCUT2D eigenvalue weighted by Crippen LogP contribution is 2.31. The van der Waals surface area contributed by atoms with Gasteiger partial charge < -0.3 is 20.9 Å². The van der Waals surface area contributed by atoms with Gasteiger partial charge in [-0.25, -0.2) is 18.7 Å². The van der Waals surface area contributed by atoms with Gasteiger partial charge in [-0.2, -0.15) is 4.98 Å². The maximum absolute atomic E-state index is 14.0. The zero-order valence-corrected chi connectivity index (χ0v) is 20.5. The Morgan fingerprint density at radius 2 is 1.66 bits per heavy atom. The van der Waals surface area contributed by atoms with Gasteiger partial charge in [-0.1, -0.05) is 38.5 Å². The van der Waals surface area contributed by atoms with Gasteiger partial charge in [0.05, 0.1) is 11.9 Å². The largest absolute Gasteiger partial charge is 0.394 e. The van der Waals surface area contributed by atoms with E-state index < -0.39 is 11.6 Å². The maximum Gasteiger partial charge on any atom is 0.222 e. The third-order valence-electron chi connectivity index (χ3n) is 5.68. The van der Waals surface area contributed by atoms with Crippen molar-refractivity contribution < 1.29 is 18.6 Å². The van der Waals surface area contributed by atoms with Crippen molar-refractivity contribution >= 4 is 28.7 Å². The molecule has 2 aromatic heterocycles. The minimum absolute atomic E-state index is 0.0825. The average molecular weight is 491 g/mol. The molecule has 0 atom stereocenters. The van der Waals surface area contributed by atoms with Crippen LogP contribution in [-0.2, 0) is 4.74 Å². The first-order valence-corrected chi connectivity index (χ1v) is 12.3. The van der Waals surface area contributed by atoms with E-state index in [2.05, 4.69) is 20.3 Å². The molecule has 2 aliphatic rings. The fraction of sp³-hybridized carbons (Fsp3) is 0.560. The number of aliphatic hydroxyl groups is 1. The van der Waals surface area contributed by atoms with Crippen LogP contribution in [0.2, 0.25) is 0 Å². The summed E-state index contributed by atoms with van der Waals surface area (Å²) in [5.41, 5.74) is 6.97. The first kappa shape index (κ1) is 26.7. The Bertz CT molecular complexity index is 1050. The summed E-state index contributed by atoms with van der Waals surface area (Å²) in [6.45, 7) is 4.69. The first-order valence-electron chi connectivity index (χ1n) is 12.3. The molecular formula is C25H36F2N6O2. The summed E-state index contributed by atoms with van der Waals surface area (Å²) in [5.74, 6) is -0.789. The molecule has 1 saturated carbocycles. The van der Waals surface area contributed by atoms with Crippen molar-refractivity contribution in [1.82, 2.24) is 19.5 Å². The van der Waals surface area contributed by atoms with Gasteiger partial charge in [0.15, 0.2) is 5.65 Å². The lowest BCUT2D eigenvalue weighted by Crippen LogP contribution is -2.21. The third kappa shape index (κ3) is 8.10. The van der Waals surface area contributed by atoms with E-state index in [-0.39, 0.29) is 23.8 Å². The van der Waals surface area contributed by atoms with Crippen LogP contribution in [0, 0.1) is 11.6 Å². The molecule has 0 radical (unpaired) electrons. The minimum atomic E-state index is -0.698. The molecule has 0 unspecified atom stereocenters. The van der Waals surface area contributed by atoms with Crippen molar-refractivity contribution in [1.29, 1.82) is 0 Å². The van der Waals surface area contributed by atoms with Crippen LogP contribution in [0.5, 0.6) is 0 Å². The number of ether oxygens (including phenoxy) is 1. The number of hydrogen-bond donors (Lipinski definition) is 3. The molecule has 192 valence electrons. The van der Waals surface area contributed by atoms with Crippen molar-refractivity contribution in [3.63, 3.8) is 0 Å². The summed E-state index contributed by atoms with van der Waals surface area (Å²) >= 11 is 0. The standard InChI is InChI=1S/C16H16F2N6O.C6H12.C3H8O/c17-9-1-2-12(11(18)7-9)21-16-22-13-8-20-15(19)23-14(13)24(16)10-3-5-25-6-4-10;1-2-4-6-5-3-1;1-3(2)4/h1-2,7-8,10H,3-6H2,(H,21,22)(H2,19,20,23);1-6H2;3-4H,1-2H3. The van der Waals surface area contributed by atoms with Crippen LogP contribution in [0.3, 0.4) is 0 Å². The minimum Gasteiger partial charge on any atom is -0.394 e. The van der Waals surface area contributed by atoms with Gasteiger partial charge in [-0.05, 0) is 38.8 Å². The van der Waals surface area contributed by atoms with Gasteiger partial charge in [0.2, 0.25) is 11.9 Å². The van der Waals surface area contributed by atoms with Gasteiger partial charge in [-0.3, -0.25) is 4.57 Å². The molecule has 0 spiro atoms. The zero-order chi connectivity index (χ0) is 25.2. The normalized spacial score (nSPS) is 16.3. The Kier molecular flexibility index (Phi) is 10.2. The molecule has 0 bridgehead atoms. The number of anilines is 3. The predicted octanol–water partition coefficient (Wildman–Crippen LogP) is 5.51. The Balaban J connectivity index is 0.000000287. The third-order valence-corrected chi connectivity index (χ3v) is 5.68. The quantitative estimate of drug-likeness (QED) is 0.444. The molecule has 10 heteroatoms. The second-order valence-corrected chi connectivity index (χ2v) is 9.05. The number of benzene rings is 1. The molecule has 8 nitrogen and oxygen atoms in total. The SMILES string of the molecule is C1CCCCC1.CC(C)O.Nc1ncc2nc(Nc3ccc(F)cc3F)n(C3CCOCC3)c2n1. The molecule has 5 rings (SSSR count). The second kappa shape index (κ2) is 13.3. The fourth-order valence-electron chi connectivity index (χ4n) is 4.05. The monoisotopic (exact) mass is 490 g/mol. The molecule has 2 fully saturated rings. The summed E-state index contributed by atoms with van der Waals surface area (Å²) in [7, 11) is 0. The van der Waals surface area contributed by atoms with Crippen LogP contribution >= 0.6 is 0 Å². The molecule has 0 amide bonds. The molecule has 3 heterocycles. The number of nitrogens with zero attached hydrogens (tertiary/aromatic N) is 4. The van der Waals surface area contributed by atoms with Crippen LogP contribution in [0.15, 0.2) is 24.4 Å². The number of hydrogen-bond acceptors (Lipinski definition) is 7. The number of imidazole rings is 1. The topological polar surface area (TPSA) is 111 Å². The number of nitrogen functional groups attached to an aromatic ring is 1. The molecule has 1 aliphatic heterocycles. The van der Waals surface area contributed by atoms with Crippen LogP contribution in [0.4, 0.5) is 26.4 Å². The highest BCUT2D eigenvalue weighted by atomic mass is 19.1. The average Bonchev–Trinajstić information content (AvgIpc) is 3.19. The van der Waals surface area contributed by atoms with Gasteiger partial charge >= 0.3 is 0 Å². The van der Waals surface area contributed by atoms with Crippen molar-refractivity contribution in [2.75, 3.05) is 24.3 Å². The second-order valence-electron chi connectivity index (χ2n) is 9.05. The molecule has 1 saturated heterocycles. The first-order chi connectivity index (χ1) is 16.8. The van der Waals surface area contributed by atoms with E-state index in [1.165, 1.54) is 56.9 Å². The van der Waals surface area contributed by atoms with Gasteiger partial charge in [0, 0.05) is 31.4 Å². The van der Waals surface area contributed by atoms with Crippen molar-refractivity contribution in [3.05, 3.63) is 36.0 Å². The highest BCUT2D eigenvalue weighted by Gasteiger charge is 2.23. The van der Waals surface area contributed by atoms with Crippen molar-refractivity contribution in [2.24, 2.45) is 0 Å². The van der Waals surface area contributed by atoms with E-state index in [1.54, 1.807) is 13.8 Å². The molecule has 1 aliphatic carbocycles. The summed E-state index contributed by atoms with van der Waals surface area (Å²) in [5, 5.41) is 11.0. The van der Waals surface area contributed by atoms with Crippen LogP contribution < -0.4 is 11.1 Å². The summed E-state index contributed by atoms with van der Waals surface area (Å²) in [6, 6.07) is 3.42. The number of aliphatic hydroxyl groups excluding tert-OH is 1. The molecule has 4 N–H and O–H groups in total. The summed E-state index contributed by atoms with van der Waals surface area (Å²) in [4.78, 5) is 12.7. The van der Waals surface area contributed by atoms with Gasteiger partial charge in [0.1, 0.15) is 17.2 Å². The lowest BCUT2D eigenvalue weighted by Gasteiger charge is -2.25. The van der Waals surface area contributed by atoms with Crippen LogP contribution in [-0.4, -0.2) is 43.9 Å². The number of halogens is 2. The number of nitrogens with two attached hydrogens (primary N) is 1. The van der Waals surface area contributed by atoms with E-state index in [0.717, 1.165) is 18.9 Å². The van der Waals surface area contributed by atoms with Crippen molar-refractivity contribution in [3.8, 4) is 0 Å². The smallest absolute Gasteiger partial charge is 0.222 e. The summed E-state index contributed by atoms with van der Waals surface area (Å²) < 4.78 is 34.5. The van der Waals surface area contributed by atoms with Gasteiger partial charge in [0.25, 0.3) is 0 Å². The maximum atomic E-state index is 14.0. The highest BCUT2D eigenvalue weighted by molar-refractivity contribution is 5.76. The molecule has 35 heavy (non-hydrogen) atoms. The van der Waals surface area contributed by atoms with E-state index >= 15 is 0 Å². The van der Waals surface area contributed by atoms with E-state index in [9.17, 15) is 8.78 Å². The molecular weight excluding hydrogens is 454 g/mol. The number of fused-ring (bicyclic) bond motifs is 1. The van der Waals surface area contributed by atoms with Crippen molar-refractivity contribution in [2.45, 2.75) is 77.4 Å². The Morgan fingerprint density at radius 1 is 1.06 bits per heavy atom. The van der Waals surface area contributed by atoms with Gasteiger partial charge in [-0.15, -0.1) is 0 Å². The van der Waals surface area contributed by atoms with E-state index in [4.69, 9.17) is 15.6 Å². The van der Waals surface area contributed by atoms with E-state index in [0.29, 0.717) is 30.3 Å². The predicted molar refractivity (Wildman–Crippen MR) is 134 cm³/mol. The Labute approximate surface area is 204 Å². The fourth-order valence-corrected chi connectivity index (χ4v) is 4.05. The molecule has 3 aromatic rings. The Morgan fingerprint density at radius 3 is 2.23 bits per heavy atom. The zero-order valence-electron chi connectivity index (χ0n) is 20.5. The number of rotatable bonds is 3. The number of nitrogens with one attached hydrogen (secondary N) is 1. The molecule has 1 aromatic carbocycles. The van der Waals surface area contributed by atoms with Crippen LogP contribution in [0.1, 0.15) is 71.3 Å². The van der Waals surface area contributed by atoms with Crippen LogP contribution in [0.25, 0.3) is 11.2 Å². The lowest BCUT2D eigenvalue weighted by molar-refractivity contribution is 0.0710. The van der Waals surface area contributed by atoms with E-state index in [1.807, 2.05) is 4.57 Å². The summed E-state index contributed by atoms with van der Waals surface area (Å²) in [6.07, 6.45) is 11.9.